The van der Waals surface area contributed by atoms with Crippen LogP contribution in [0.15, 0.2) is 53.8 Å². The van der Waals surface area contributed by atoms with Crippen LogP contribution in [-0.4, -0.2) is 46.8 Å². The molecule has 136 valence electrons. The largest absolute Gasteiger partial charge is 0.357 e. The van der Waals surface area contributed by atoms with Crippen LogP contribution in [0.2, 0.25) is 0 Å². The maximum Gasteiger partial charge on any atom is 0.193 e. The third-order valence-corrected chi connectivity index (χ3v) is 4.44. The van der Waals surface area contributed by atoms with Gasteiger partial charge in [-0.25, -0.2) is 0 Å². The standard InChI is InChI=1S/C19H27N5.HI/c1-2-20-19(21-11-14-24-12-6-10-22-24)23-13-9-18(16-23)15-17-7-4-3-5-8-17;/h3-8,10,12,18H,2,9,11,13-16H2,1H3,(H,20,21);1H. The fourth-order valence-electron chi connectivity index (χ4n) is 3.26. The first-order valence-electron chi connectivity index (χ1n) is 8.89. The molecule has 1 atom stereocenters. The molecular weight excluding hydrogens is 425 g/mol. The molecule has 2 aromatic rings. The Bertz CT molecular complexity index is 627. The lowest BCUT2D eigenvalue weighted by molar-refractivity contribution is 0.458. The van der Waals surface area contributed by atoms with Crippen molar-refractivity contribution in [3.63, 3.8) is 0 Å². The first kappa shape index (κ1) is 19.8. The van der Waals surface area contributed by atoms with Gasteiger partial charge in [0.05, 0.1) is 13.1 Å². The molecule has 0 spiro atoms. The lowest BCUT2D eigenvalue weighted by Gasteiger charge is -2.21. The second-order valence-corrected chi connectivity index (χ2v) is 6.30. The van der Waals surface area contributed by atoms with Crippen LogP contribution in [0.3, 0.4) is 0 Å². The number of benzene rings is 1. The summed E-state index contributed by atoms with van der Waals surface area (Å²) in [4.78, 5) is 7.19. The molecular formula is C19H28IN5. The zero-order valence-corrected chi connectivity index (χ0v) is 17.2. The molecule has 0 bridgehead atoms. The molecule has 3 rings (SSSR count). The highest BCUT2D eigenvalue weighted by Crippen LogP contribution is 2.20. The summed E-state index contributed by atoms with van der Waals surface area (Å²) in [6.45, 7) is 6.78. The highest BCUT2D eigenvalue weighted by atomic mass is 127. The third kappa shape index (κ3) is 6.02. The van der Waals surface area contributed by atoms with Crippen LogP contribution in [0.1, 0.15) is 18.9 Å². The molecule has 1 fully saturated rings. The van der Waals surface area contributed by atoms with Crippen molar-refractivity contribution in [3.05, 3.63) is 54.4 Å². The normalized spacial score (nSPS) is 17.4. The summed E-state index contributed by atoms with van der Waals surface area (Å²) >= 11 is 0. The molecule has 5 nitrogen and oxygen atoms in total. The Labute approximate surface area is 167 Å². The van der Waals surface area contributed by atoms with Crippen molar-refractivity contribution in [2.45, 2.75) is 26.3 Å². The average Bonchev–Trinajstić information content (AvgIpc) is 3.27. The Kier molecular flexibility index (Phi) is 8.24. The van der Waals surface area contributed by atoms with E-state index in [2.05, 4.69) is 52.6 Å². The van der Waals surface area contributed by atoms with E-state index >= 15 is 0 Å². The fraction of sp³-hybridized carbons (Fsp3) is 0.474. The molecule has 2 heterocycles. The summed E-state index contributed by atoms with van der Waals surface area (Å²) in [7, 11) is 0. The van der Waals surface area contributed by atoms with Gasteiger partial charge in [0.1, 0.15) is 0 Å². The van der Waals surface area contributed by atoms with E-state index in [-0.39, 0.29) is 24.0 Å². The van der Waals surface area contributed by atoms with Gasteiger partial charge < -0.3 is 10.2 Å². The van der Waals surface area contributed by atoms with Crippen molar-refractivity contribution >= 4 is 29.9 Å². The van der Waals surface area contributed by atoms with E-state index in [0.29, 0.717) is 5.92 Å². The molecule has 0 amide bonds. The van der Waals surface area contributed by atoms with Crippen LogP contribution in [0.5, 0.6) is 0 Å². The van der Waals surface area contributed by atoms with Gasteiger partial charge in [0, 0.05) is 32.0 Å². The highest BCUT2D eigenvalue weighted by Gasteiger charge is 2.24. The second-order valence-electron chi connectivity index (χ2n) is 6.30. The van der Waals surface area contributed by atoms with E-state index in [4.69, 9.17) is 4.99 Å². The SMILES string of the molecule is CCNC(=NCCn1cccn1)N1CCC(Cc2ccccc2)C1.I. The van der Waals surface area contributed by atoms with Gasteiger partial charge in [-0.3, -0.25) is 9.67 Å². The number of nitrogens with zero attached hydrogens (tertiary/aromatic N) is 4. The van der Waals surface area contributed by atoms with Crippen LogP contribution < -0.4 is 5.32 Å². The molecule has 1 saturated heterocycles. The number of halogens is 1. The maximum absolute atomic E-state index is 4.78. The molecule has 1 N–H and O–H groups in total. The zero-order chi connectivity index (χ0) is 16.6. The molecule has 1 aliphatic heterocycles. The average molecular weight is 453 g/mol. The summed E-state index contributed by atoms with van der Waals surface area (Å²) in [5.74, 6) is 1.75. The molecule has 1 aromatic carbocycles. The van der Waals surface area contributed by atoms with Crippen LogP contribution >= 0.6 is 24.0 Å². The second kappa shape index (κ2) is 10.4. The van der Waals surface area contributed by atoms with Crippen molar-refractivity contribution < 1.29 is 0 Å². The van der Waals surface area contributed by atoms with E-state index in [1.807, 2.05) is 23.1 Å². The minimum atomic E-state index is 0. The Balaban J connectivity index is 0.00000225. The summed E-state index contributed by atoms with van der Waals surface area (Å²) < 4.78 is 1.93. The summed E-state index contributed by atoms with van der Waals surface area (Å²) in [5.41, 5.74) is 1.44. The van der Waals surface area contributed by atoms with Gasteiger partial charge in [-0.15, -0.1) is 24.0 Å². The van der Waals surface area contributed by atoms with Crippen molar-refractivity contribution in [1.82, 2.24) is 20.0 Å². The molecule has 1 aliphatic rings. The molecule has 0 aliphatic carbocycles. The number of guanidine groups is 1. The smallest absolute Gasteiger partial charge is 0.193 e. The first-order chi connectivity index (χ1) is 11.8. The van der Waals surface area contributed by atoms with Gasteiger partial charge in [-0.05, 0) is 37.3 Å². The quantitative estimate of drug-likeness (QED) is 0.416. The molecule has 6 heteroatoms. The van der Waals surface area contributed by atoms with Gasteiger partial charge in [0.25, 0.3) is 0 Å². The van der Waals surface area contributed by atoms with Gasteiger partial charge in [0.2, 0.25) is 0 Å². The molecule has 0 radical (unpaired) electrons. The molecule has 25 heavy (non-hydrogen) atoms. The van der Waals surface area contributed by atoms with Crippen LogP contribution in [0, 0.1) is 5.92 Å². The lowest BCUT2D eigenvalue weighted by Crippen LogP contribution is -2.40. The van der Waals surface area contributed by atoms with Crippen molar-refractivity contribution in [3.8, 4) is 0 Å². The zero-order valence-electron chi connectivity index (χ0n) is 14.8. The number of likely N-dealkylation sites (tertiary alicyclic amines) is 1. The predicted octanol–water partition coefficient (Wildman–Crippen LogP) is 3.03. The van der Waals surface area contributed by atoms with E-state index in [1.165, 1.54) is 12.0 Å². The van der Waals surface area contributed by atoms with E-state index in [9.17, 15) is 0 Å². The molecule has 1 aromatic heterocycles. The summed E-state index contributed by atoms with van der Waals surface area (Å²) in [6, 6.07) is 12.7. The van der Waals surface area contributed by atoms with Gasteiger partial charge in [-0.2, -0.15) is 5.10 Å². The number of aliphatic imine (C=N–C) groups is 1. The predicted molar refractivity (Wildman–Crippen MR) is 113 cm³/mol. The topological polar surface area (TPSA) is 45.5 Å². The molecule has 1 unspecified atom stereocenters. The minimum Gasteiger partial charge on any atom is -0.357 e. The Morgan fingerprint density at radius 2 is 2.12 bits per heavy atom. The van der Waals surface area contributed by atoms with Crippen LogP contribution in [0.25, 0.3) is 0 Å². The van der Waals surface area contributed by atoms with Crippen molar-refractivity contribution in [2.24, 2.45) is 10.9 Å². The Hall–Kier alpha value is -1.57. The van der Waals surface area contributed by atoms with E-state index in [0.717, 1.165) is 45.1 Å². The number of hydrogen-bond acceptors (Lipinski definition) is 2. The number of rotatable bonds is 6. The first-order valence-corrected chi connectivity index (χ1v) is 8.89. The van der Waals surface area contributed by atoms with Gasteiger partial charge >= 0.3 is 0 Å². The van der Waals surface area contributed by atoms with Crippen molar-refractivity contribution in [2.75, 3.05) is 26.2 Å². The Morgan fingerprint density at radius 1 is 1.28 bits per heavy atom. The van der Waals surface area contributed by atoms with Crippen LogP contribution in [0.4, 0.5) is 0 Å². The summed E-state index contributed by atoms with van der Waals surface area (Å²) in [6.07, 6.45) is 6.18. The van der Waals surface area contributed by atoms with E-state index < -0.39 is 0 Å². The van der Waals surface area contributed by atoms with E-state index in [1.54, 1.807) is 0 Å². The number of nitrogens with one attached hydrogen (secondary N) is 1. The summed E-state index contributed by atoms with van der Waals surface area (Å²) in [5, 5.41) is 7.66. The van der Waals surface area contributed by atoms with Crippen LogP contribution in [-0.2, 0) is 13.0 Å². The minimum absolute atomic E-state index is 0. The monoisotopic (exact) mass is 453 g/mol. The van der Waals surface area contributed by atoms with Gasteiger partial charge in [0.15, 0.2) is 5.96 Å². The lowest BCUT2D eigenvalue weighted by atomic mass is 9.99. The fourth-order valence-corrected chi connectivity index (χ4v) is 3.26. The third-order valence-electron chi connectivity index (χ3n) is 4.44. The highest BCUT2D eigenvalue weighted by molar-refractivity contribution is 14.0. The van der Waals surface area contributed by atoms with Gasteiger partial charge in [-0.1, -0.05) is 30.3 Å². The number of aromatic nitrogens is 2. The maximum atomic E-state index is 4.78. The number of hydrogen-bond donors (Lipinski definition) is 1. The van der Waals surface area contributed by atoms with Crippen molar-refractivity contribution in [1.29, 1.82) is 0 Å². The Morgan fingerprint density at radius 3 is 2.84 bits per heavy atom. The molecule has 0 saturated carbocycles.